The lowest BCUT2D eigenvalue weighted by molar-refractivity contribution is -0.385. The predicted molar refractivity (Wildman–Crippen MR) is 97.5 cm³/mol. The summed E-state index contributed by atoms with van der Waals surface area (Å²) in [5, 5.41) is 16.6. The van der Waals surface area contributed by atoms with Gasteiger partial charge in [0.1, 0.15) is 0 Å². The molecule has 0 aliphatic carbocycles. The van der Waals surface area contributed by atoms with Gasteiger partial charge in [0.2, 0.25) is 5.91 Å². The molecule has 0 heterocycles. The van der Waals surface area contributed by atoms with E-state index in [4.69, 9.17) is 0 Å². The zero-order valence-corrected chi connectivity index (χ0v) is 14.7. The van der Waals surface area contributed by atoms with E-state index in [1.54, 1.807) is 38.1 Å². The Labute approximate surface area is 150 Å². The Hall–Kier alpha value is -3.42. The summed E-state index contributed by atoms with van der Waals surface area (Å²) in [6, 6.07) is 9.46. The molecule has 0 spiro atoms. The second kappa shape index (κ2) is 8.11. The lowest BCUT2D eigenvalue weighted by Gasteiger charge is -2.12. The zero-order valence-electron chi connectivity index (χ0n) is 14.7. The van der Waals surface area contributed by atoms with Gasteiger partial charge in [0, 0.05) is 11.8 Å². The number of anilines is 2. The summed E-state index contributed by atoms with van der Waals surface area (Å²) in [6.45, 7) is 3.36. The number of esters is 1. The number of ether oxygens (including phenoxy) is 1. The predicted octanol–water partition coefficient (Wildman–Crippen LogP) is 3.05. The first-order chi connectivity index (χ1) is 12.3. The van der Waals surface area contributed by atoms with Crippen LogP contribution < -0.4 is 10.6 Å². The number of hydrogen-bond acceptors (Lipinski definition) is 6. The Bertz CT molecular complexity index is 864. The van der Waals surface area contributed by atoms with E-state index in [0.29, 0.717) is 22.5 Å². The van der Waals surface area contributed by atoms with Gasteiger partial charge in [-0.2, -0.15) is 0 Å². The number of nitrogens with one attached hydrogen (secondary N) is 2. The number of carbonyl (C=O) groups excluding carboxylic acids is 2. The minimum absolute atomic E-state index is 0.0272. The van der Waals surface area contributed by atoms with Crippen LogP contribution >= 0.6 is 0 Å². The molecule has 2 aromatic carbocycles. The number of rotatable bonds is 6. The fourth-order valence-electron chi connectivity index (χ4n) is 2.43. The molecule has 8 heteroatoms. The van der Waals surface area contributed by atoms with E-state index in [-0.39, 0.29) is 18.1 Å². The maximum absolute atomic E-state index is 12.1. The third kappa shape index (κ3) is 4.35. The van der Waals surface area contributed by atoms with Crippen LogP contribution in [0.1, 0.15) is 21.5 Å². The van der Waals surface area contributed by atoms with Crippen molar-refractivity contribution in [2.24, 2.45) is 0 Å². The van der Waals surface area contributed by atoms with Crippen molar-refractivity contribution in [3.8, 4) is 0 Å². The van der Waals surface area contributed by atoms with E-state index in [0.717, 1.165) is 5.56 Å². The number of benzene rings is 2. The number of methoxy groups -OCH3 is 1. The summed E-state index contributed by atoms with van der Waals surface area (Å²) in [6.07, 6.45) is 0. The van der Waals surface area contributed by atoms with Gasteiger partial charge in [0.25, 0.3) is 5.69 Å². The second-order valence-electron chi connectivity index (χ2n) is 5.63. The first-order valence-electron chi connectivity index (χ1n) is 7.80. The molecular formula is C18H19N3O5. The lowest BCUT2D eigenvalue weighted by Crippen LogP contribution is -2.22. The molecule has 1 amide bonds. The molecule has 26 heavy (non-hydrogen) atoms. The molecule has 0 radical (unpaired) electrons. The molecule has 136 valence electrons. The highest BCUT2D eigenvalue weighted by Crippen LogP contribution is 2.25. The highest BCUT2D eigenvalue weighted by molar-refractivity contribution is 5.95. The van der Waals surface area contributed by atoms with Gasteiger partial charge >= 0.3 is 5.97 Å². The van der Waals surface area contributed by atoms with Crippen LogP contribution in [0.3, 0.4) is 0 Å². The second-order valence-corrected chi connectivity index (χ2v) is 5.63. The summed E-state index contributed by atoms with van der Waals surface area (Å²) >= 11 is 0. The normalized spacial score (nSPS) is 10.1. The fourth-order valence-corrected chi connectivity index (χ4v) is 2.43. The smallest absolute Gasteiger partial charge is 0.337 e. The molecule has 2 N–H and O–H groups in total. The van der Waals surface area contributed by atoms with Crippen molar-refractivity contribution in [2.75, 3.05) is 24.3 Å². The number of hydrogen-bond donors (Lipinski definition) is 2. The minimum atomic E-state index is -0.491. The van der Waals surface area contributed by atoms with Crippen molar-refractivity contribution >= 4 is 28.9 Å². The number of nitro benzene ring substituents is 1. The van der Waals surface area contributed by atoms with Crippen LogP contribution in [0.25, 0.3) is 0 Å². The Morgan fingerprint density at radius 3 is 2.50 bits per heavy atom. The maximum atomic E-state index is 12.1. The van der Waals surface area contributed by atoms with Crippen molar-refractivity contribution in [1.29, 1.82) is 0 Å². The Morgan fingerprint density at radius 1 is 1.15 bits per heavy atom. The highest BCUT2D eigenvalue weighted by Gasteiger charge is 2.15. The van der Waals surface area contributed by atoms with E-state index < -0.39 is 10.9 Å². The van der Waals surface area contributed by atoms with Crippen LogP contribution in [0, 0.1) is 24.0 Å². The van der Waals surface area contributed by atoms with Gasteiger partial charge < -0.3 is 15.4 Å². The number of nitrogens with zero attached hydrogens (tertiary/aromatic N) is 1. The molecule has 0 aliphatic rings. The first-order valence-corrected chi connectivity index (χ1v) is 7.80. The number of nitro groups is 1. The summed E-state index contributed by atoms with van der Waals surface area (Å²) in [7, 11) is 1.31. The zero-order chi connectivity index (χ0) is 19.3. The van der Waals surface area contributed by atoms with Gasteiger partial charge in [-0.25, -0.2) is 4.79 Å². The summed E-state index contributed by atoms with van der Waals surface area (Å²) in [4.78, 5) is 34.1. The molecule has 8 nitrogen and oxygen atoms in total. The standard InChI is InChI=1S/C18H19N3O5/c1-11-9-13(18(23)26-3)7-8-14(11)19-10-17(22)20-15-5-4-6-16(12(15)2)21(24)25/h4-9,19H,10H2,1-3H3,(H,20,22). The summed E-state index contributed by atoms with van der Waals surface area (Å²) < 4.78 is 4.66. The van der Waals surface area contributed by atoms with Gasteiger partial charge in [-0.15, -0.1) is 0 Å². The molecule has 0 atom stereocenters. The average molecular weight is 357 g/mol. The van der Waals surface area contributed by atoms with Crippen LogP contribution in [0.15, 0.2) is 36.4 Å². The van der Waals surface area contributed by atoms with Crippen LogP contribution in [-0.2, 0) is 9.53 Å². The van der Waals surface area contributed by atoms with Gasteiger partial charge in [-0.1, -0.05) is 6.07 Å². The number of amides is 1. The van der Waals surface area contributed by atoms with Crippen LogP contribution in [0.2, 0.25) is 0 Å². The van der Waals surface area contributed by atoms with Gasteiger partial charge in [-0.05, 0) is 43.7 Å². The summed E-state index contributed by atoms with van der Waals surface area (Å²) in [5.41, 5.74) is 2.64. The molecule has 0 bridgehead atoms. The van der Waals surface area contributed by atoms with E-state index in [1.807, 2.05) is 0 Å². The average Bonchev–Trinajstić information content (AvgIpc) is 2.61. The van der Waals surface area contributed by atoms with E-state index in [1.165, 1.54) is 19.2 Å². The van der Waals surface area contributed by atoms with Crippen LogP contribution in [0.4, 0.5) is 17.1 Å². The lowest BCUT2D eigenvalue weighted by atomic mass is 10.1. The Kier molecular flexibility index (Phi) is 5.90. The molecule has 0 saturated carbocycles. The molecular weight excluding hydrogens is 338 g/mol. The molecule has 0 aromatic heterocycles. The van der Waals surface area contributed by atoms with Crippen molar-refractivity contribution in [3.05, 3.63) is 63.2 Å². The molecule has 0 unspecified atom stereocenters. The van der Waals surface area contributed by atoms with E-state index >= 15 is 0 Å². The van der Waals surface area contributed by atoms with Gasteiger partial charge in [0.05, 0.1) is 35.4 Å². The van der Waals surface area contributed by atoms with Crippen molar-refractivity contribution in [2.45, 2.75) is 13.8 Å². The fraction of sp³-hybridized carbons (Fsp3) is 0.222. The third-order valence-electron chi connectivity index (χ3n) is 3.86. The largest absolute Gasteiger partial charge is 0.465 e. The molecule has 0 aliphatic heterocycles. The Balaban J connectivity index is 2.03. The first kappa shape index (κ1) is 18.9. The maximum Gasteiger partial charge on any atom is 0.337 e. The van der Waals surface area contributed by atoms with Gasteiger partial charge in [0.15, 0.2) is 0 Å². The molecule has 0 saturated heterocycles. The molecule has 0 fully saturated rings. The van der Waals surface area contributed by atoms with Crippen molar-refractivity contribution < 1.29 is 19.2 Å². The van der Waals surface area contributed by atoms with Crippen molar-refractivity contribution in [3.63, 3.8) is 0 Å². The molecule has 2 rings (SSSR count). The third-order valence-corrected chi connectivity index (χ3v) is 3.86. The number of aryl methyl sites for hydroxylation is 1. The number of carbonyl (C=O) groups is 2. The van der Waals surface area contributed by atoms with Gasteiger partial charge in [-0.3, -0.25) is 14.9 Å². The highest BCUT2D eigenvalue weighted by atomic mass is 16.6. The molecule has 2 aromatic rings. The van der Waals surface area contributed by atoms with E-state index in [2.05, 4.69) is 15.4 Å². The van der Waals surface area contributed by atoms with Crippen LogP contribution in [0.5, 0.6) is 0 Å². The SMILES string of the molecule is COC(=O)c1ccc(NCC(=O)Nc2cccc([N+](=O)[O-])c2C)c(C)c1. The minimum Gasteiger partial charge on any atom is -0.465 e. The van der Waals surface area contributed by atoms with E-state index in [9.17, 15) is 19.7 Å². The van der Waals surface area contributed by atoms with Crippen molar-refractivity contribution in [1.82, 2.24) is 0 Å². The van der Waals surface area contributed by atoms with Crippen LogP contribution in [-0.4, -0.2) is 30.5 Å². The Morgan fingerprint density at radius 2 is 1.88 bits per heavy atom. The summed E-state index contributed by atoms with van der Waals surface area (Å²) in [5.74, 6) is -0.774. The quantitative estimate of drug-likeness (QED) is 0.467. The topological polar surface area (TPSA) is 111 Å². The monoisotopic (exact) mass is 357 g/mol.